The summed E-state index contributed by atoms with van der Waals surface area (Å²) in [6, 6.07) is 4.31. The summed E-state index contributed by atoms with van der Waals surface area (Å²) in [5.41, 5.74) is -4.38. The van der Waals surface area contributed by atoms with Gasteiger partial charge in [-0.15, -0.1) is 5.10 Å². The van der Waals surface area contributed by atoms with Gasteiger partial charge in [-0.1, -0.05) is 32.1 Å². The number of methoxy groups -OCH3 is 1. The van der Waals surface area contributed by atoms with Crippen LogP contribution in [-0.4, -0.2) is 165 Å². The molecule has 336 valence electrons. The average molecular weight is 846 g/mol. The Morgan fingerprint density at radius 2 is 1.75 bits per heavy atom. The quantitative estimate of drug-likeness (QED) is 0.190. The van der Waals surface area contributed by atoms with Gasteiger partial charge in [0.25, 0.3) is 5.67 Å². The molecule has 0 saturated carbocycles. The standard InChI is InChI=1S/C43H68FN7O9/c1-13-33-43(8)35(51(40(55)60-43)21-17-16-20-50-25-31(46-47-50)30-18-14-15-19-45-30)29(5)49(11)24-26(2)23-41(6,56-12)37(28(4)36(53)42(7,44)39(54)58-33)59-38-34(52)32(48(9)10)22-27(3)57-38/h14-15,18-19,25-29,32-35,37-38,52H,13,16-17,20-24H2,1-12H3/t26-,27-,28+,29-,32+,33-,34-,35-,37-,38+,41-,42?,43-/m1/s1. The second kappa shape index (κ2) is 19.2. The van der Waals surface area contributed by atoms with Crippen LogP contribution in [-0.2, 0) is 39.8 Å². The summed E-state index contributed by atoms with van der Waals surface area (Å²) in [4.78, 5) is 52.3. The Hall–Kier alpha value is -3.61. The third kappa shape index (κ3) is 9.86. The number of carbonyl (C=O) groups excluding carboxylic acids is 3. The summed E-state index contributed by atoms with van der Waals surface area (Å²) in [5.74, 6) is -3.83. The van der Waals surface area contributed by atoms with Gasteiger partial charge >= 0.3 is 12.1 Å². The highest BCUT2D eigenvalue weighted by Crippen LogP contribution is 2.42. The lowest BCUT2D eigenvalue weighted by molar-refractivity contribution is -0.295. The van der Waals surface area contributed by atoms with E-state index >= 15 is 4.39 Å². The van der Waals surface area contributed by atoms with E-state index in [0.717, 1.165) is 12.6 Å². The molecule has 5 rings (SSSR count). The number of aliphatic hydroxyl groups excluding tert-OH is 1. The van der Waals surface area contributed by atoms with E-state index < -0.39 is 71.3 Å². The first-order chi connectivity index (χ1) is 28.2. The number of ketones is 1. The number of likely N-dealkylation sites (N-methyl/N-ethyl adjacent to an activating group) is 2. The van der Waals surface area contributed by atoms with Gasteiger partial charge in [0, 0.05) is 50.9 Å². The third-order valence-electron chi connectivity index (χ3n) is 13.1. The molecule has 3 aliphatic heterocycles. The first-order valence-electron chi connectivity index (χ1n) is 21.3. The van der Waals surface area contributed by atoms with E-state index in [0.29, 0.717) is 51.0 Å². The Morgan fingerprint density at radius 3 is 2.38 bits per heavy atom. The molecule has 2 aromatic heterocycles. The van der Waals surface area contributed by atoms with E-state index in [-0.39, 0.29) is 30.5 Å². The zero-order chi connectivity index (χ0) is 44.3. The number of unbranched alkanes of at least 4 members (excludes halogenated alkanes) is 1. The largest absolute Gasteiger partial charge is 0.455 e. The first-order valence-corrected chi connectivity index (χ1v) is 21.3. The number of fused-ring (bicyclic) bond motifs is 1. The minimum atomic E-state index is -3.13. The van der Waals surface area contributed by atoms with Gasteiger partial charge in [0.1, 0.15) is 17.9 Å². The van der Waals surface area contributed by atoms with Crippen molar-refractivity contribution >= 4 is 17.8 Å². The topological polar surface area (TPSA) is 171 Å². The highest BCUT2D eigenvalue weighted by Gasteiger charge is 2.61. The molecule has 0 aliphatic carbocycles. The summed E-state index contributed by atoms with van der Waals surface area (Å²) < 4.78 is 49.8. The number of nitrogens with zero attached hydrogens (tertiary/aromatic N) is 7. The molecule has 0 bridgehead atoms. The van der Waals surface area contributed by atoms with Crippen molar-refractivity contribution in [3.8, 4) is 11.4 Å². The van der Waals surface area contributed by atoms with E-state index in [2.05, 4.69) is 27.1 Å². The number of Topliss-reactive ketones (excluding diaryl/α,β-unsaturated/α-hetero) is 1. The van der Waals surface area contributed by atoms with Gasteiger partial charge in [0.15, 0.2) is 17.7 Å². The molecule has 16 nitrogen and oxygen atoms in total. The van der Waals surface area contributed by atoms with E-state index in [1.54, 1.807) is 36.5 Å². The number of halogens is 1. The fraction of sp³-hybridized carbons (Fsp3) is 0.767. The molecular weight excluding hydrogens is 778 g/mol. The van der Waals surface area contributed by atoms with Crippen molar-refractivity contribution in [3.05, 3.63) is 30.6 Å². The Morgan fingerprint density at radius 1 is 1.05 bits per heavy atom. The van der Waals surface area contributed by atoms with Crippen LogP contribution in [0.15, 0.2) is 30.6 Å². The number of amides is 1. The Bertz CT molecular complexity index is 1770. The Kier molecular flexibility index (Phi) is 15.2. The highest BCUT2D eigenvalue weighted by molar-refractivity contribution is 6.07. The zero-order valence-electron chi connectivity index (χ0n) is 37.5. The summed E-state index contributed by atoms with van der Waals surface area (Å²) >= 11 is 0. The van der Waals surface area contributed by atoms with Gasteiger partial charge in [0.2, 0.25) is 0 Å². The van der Waals surface area contributed by atoms with E-state index in [9.17, 15) is 19.5 Å². The molecule has 0 radical (unpaired) electrons. The first kappa shape index (κ1) is 47.4. The number of rotatable bonds is 11. The highest BCUT2D eigenvalue weighted by atomic mass is 19.1. The number of aromatic nitrogens is 4. The average Bonchev–Trinajstić information content (AvgIpc) is 3.78. The summed E-state index contributed by atoms with van der Waals surface area (Å²) in [6.07, 6.45) is 0.490. The van der Waals surface area contributed by atoms with Gasteiger partial charge in [-0.3, -0.25) is 19.4 Å². The minimum absolute atomic E-state index is 0.0976. The molecule has 1 unspecified atom stereocenters. The normalized spacial score (nSPS) is 37.6. The maximum Gasteiger partial charge on any atom is 0.410 e. The van der Waals surface area contributed by atoms with Crippen LogP contribution >= 0.6 is 0 Å². The smallest absolute Gasteiger partial charge is 0.410 e. The zero-order valence-corrected chi connectivity index (χ0v) is 37.5. The fourth-order valence-corrected chi connectivity index (χ4v) is 9.62. The molecule has 2 aromatic rings. The SMILES string of the molecule is CC[C@H]1OC(=O)C(C)(F)C(=O)[C@H](C)[C@@H](O[C@@H]2O[C@H](C)C[C@H](N(C)C)[C@H]2O)[C@](C)(OC)C[C@@H](C)CN(C)[C@H](C)[C@H]2N(CCCCn3cc(-c4ccccn4)nn3)C(=O)O[C@]12C. The predicted molar refractivity (Wildman–Crippen MR) is 220 cm³/mol. The molecule has 1 amide bonds. The van der Waals surface area contributed by atoms with Crippen LogP contribution in [0.3, 0.4) is 0 Å². The number of carbonyl (C=O) groups is 3. The predicted octanol–water partition coefficient (Wildman–Crippen LogP) is 4.53. The number of aryl methyl sites for hydroxylation is 1. The molecular formula is C43H68FN7O9. The molecule has 1 N–H and O–H groups in total. The number of cyclic esters (lactones) is 1. The van der Waals surface area contributed by atoms with Crippen molar-refractivity contribution in [2.75, 3.05) is 41.3 Å². The Labute approximate surface area is 354 Å². The number of pyridine rings is 1. The van der Waals surface area contributed by atoms with Gasteiger partial charge < -0.3 is 38.6 Å². The van der Waals surface area contributed by atoms with Crippen LogP contribution in [0.25, 0.3) is 11.4 Å². The molecule has 13 atom stereocenters. The van der Waals surface area contributed by atoms with Gasteiger partial charge in [-0.05, 0) is 106 Å². The molecule has 3 saturated heterocycles. The number of alkyl halides is 1. The maximum absolute atomic E-state index is 17.0. The Balaban J connectivity index is 1.44. The van der Waals surface area contributed by atoms with Crippen molar-refractivity contribution in [1.82, 2.24) is 34.7 Å². The van der Waals surface area contributed by atoms with Crippen LogP contribution in [0, 0.1) is 11.8 Å². The molecule has 3 fully saturated rings. The van der Waals surface area contributed by atoms with Crippen LogP contribution in [0.5, 0.6) is 0 Å². The van der Waals surface area contributed by atoms with Gasteiger partial charge in [-0.2, -0.15) is 0 Å². The molecule has 3 aliphatic rings. The molecule has 0 spiro atoms. The number of esters is 1. The van der Waals surface area contributed by atoms with Crippen LogP contribution in [0.2, 0.25) is 0 Å². The fourth-order valence-electron chi connectivity index (χ4n) is 9.62. The number of ether oxygens (including phenoxy) is 5. The monoisotopic (exact) mass is 846 g/mol. The van der Waals surface area contributed by atoms with Gasteiger partial charge in [0.05, 0.1) is 35.7 Å². The lowest BCUT2D eigenvalue weighted by Gasteiger charge is -2.47. The molecule has 5 heterocycles. The maximum atomic E-state index is 17.0. The van der Waals surface area contributed by atoms with Crippen molar-refractivity contribution in [3.63, 3.8) is 0 Å². The third-order valence-corrected chi connectivity index (χ3v) is 13.1. The van der Waals surface area contributed by atoms with E-state index in [1.807, 2.05) is 64.3 Å². The molecule has 60 heavy (non-hydrogen) atoms. The second-order valence-corrected chi connectivity index (χ2v) is 18.1. The summed E-state index contributed by atoms with van der Waals surface area (Å²) in [7, 11) is 7.19. The number of hydrogen-bond acceptors (Lipinski definition) is 14. The van der Waals surface area contributed by atoms with Gasteiger partial charge in [-0.25, -0.2) is 14.0 Å². The van der Waals surface area contributed by atoms with Crippen molar-refractivity contribution in [2.45, 2.75) is 160 Å². The van der Waals surface area contributed by atoms with Crippen molar-refractivity contribution < 1.29 is 47.6 Å². The summed E-state index contributed by atoms with van der Waals surface area (Å²) in [5, 5.41) is 20.0. The molecule has 0 aromatic carbocycles. The number of aliphatic hydroxyl groups is 1. The van der Waals surface area contributed by atoms with Crippen LogP contribution in [0.4, 0.5) is 9.18 Å². The summed E-state index contributed by atoms with van der Waals surface area (Å²) in [6.45, 7) is 15.0. The van der Waals surface area contributed by atoms with Crippen LogP contribution in [0.1, 0.15) is 87.5 Å². The lowest BCUT2D eigenvalue weighted by Crippen LogP contribution is -2.61. The lowest BCUT2D eigenvalue weighted by atomic mass is 9.77. The van der Waals surface area contributed by atoms with Crippen molar-refractivity contribution in [2.24, 2.45) is 11.8 Å². The second-order valence-electron chi connectivity index (χ2n) is 18.1. The van der Waals surface area contributed by atoms with Crippen LogP contribution < -0.4 is 0 Å². The van der Waals surface area contributed by atoms with E-state index in [1.165, 1.54) is 14.0 Å². The number of hydrogen-bond donors (Lipinski definition) is 1. The minimum Gasteiger partial charge on any atom is -0.455 e. The van der Waals surface area contributed by atoms with E-state index in [4.69, 9.17) is 23.7 Å². The molecule has 17 heteroatoms. The van der Waals surface area contributed by atoms with Crippen molar-refractivity contribution in [1.29, 1.82) is 0 Å².